The molecule has 0 aliphatic carbocycles. The van der Waals surface area contributed by atoms with Crippen LogP contribution in [-0.4, -0.2) is 35.1 Å². The molecule has 4 nitrogen and oxygen atoms in total. The van der Waals surface area contributed by atoms with E-state index in [2.05, 4.69) is 12.1 Å². The zero-order valence-corrected chi connectivity index (χ0v) is 13.6. The van der Waals surface area contributed by atoms with Crippen LogP contribution in [0.1, 0.15) is 5.56 Å². The molecule has 2 aromatic rings. The van der Waals surface area contributed by atoms with Gasteiger partial charge in [0.25, 0.3) is 5.79 Å². The lowest BCUT2D eigenvalue weighted by Gasteiger charge is -2.44. The van der Waals surface area contributed by atoms with Crippen LogP contribution in [0.4, 0.5) is 0 Å². The summed E-state index contributed by atoms with van der Waals surface area (Å²) < 4.78 is 17.5. The van der Waals surface area contributed by atoms with E-state index in [1.807, 2.05) is 48.5 Å². The van der Waals surface area contributed by atoms with Gasteiger partial charge in [-0.15, -0.1) is 11.8 Å². The van der Waals surface area contributed by atoms with Crippen LogP contribution in [0.2, 0.25) is 0 Å². The first-order chi connectivity index (χ1) is 11.7. The first-order valence-electron chi connectivity index (χ1n) is 7.95. The summed E-state index contributed by atoms with van der Waals surface area (Å²) in [6, 6.07) is 17.8. The Balaban J connectivity index is 1.60. The van der Waals surface area contributed by atoms with E-state index in [9.17, 15) is 5.11 Å². The number of thioether (sulfide) groups is 1. The van der Waals surface area contributed by atoms with E-state index < -0.39 is 12.1 Å². The molecule has 0 unspecified atom stereocenters. The van der Waals surface area contributed by atoms with Crippen molar-refractivity contribution >= 4 is 17.8 Å². The quantitative estimate of drug-likeness (QED) is 0.910. The van der Waals surface area contributed by atoms with Crippen molar-refractivity contribution in [2.75, 3.05) is 6.61 Å². The summed E-state index contributed by atoms with van der Waals surface area (Å²) in [5, 5.41) is 11.2. The van der Waals surface area contributed by atoms with Crippen LogP contribution in [0.5, 0.6) is 5.75 Å². The molecule has 4 atom stereocenters. The third-order valence-corrected chi connectivity index (χ3v) is 5.95. The summed E-state index contributed by atoms with van der Waals surface area (Å²) in [4.78, 5) is 1.12. The van der Waals surface area contributed by atoms with Gasteiger partial charge in [-0.05, 0) is 24.3 Å². The van der Waals surface area contributed by atoms with Crippen molar-refractivity contribution in [3.05, 3.63) is 65.7 Å². The minimum Gasteiger partial charge on any atom is -0.453 e. The molecule has 3 aliphatic heterocycles. The van der Waals surface area contributed by atoms with E-state index in [-0.39, 0.29) is 11.4 Å². The summed E-state index contributed by atoms with van der Waals surface area (Å²) in [5.74, 6) is -0.932. The van der Waals surface area contributed by atoms with Crippen LogP contribution >= 0.6 is 11.8 Å². The number of ether oxygens (including phenoxy) is 3. The highest BCUT2D eigenvalue weighted by molar-refractivity contribution is 8.00. The molecule has 0 spiro atoms. The zero-order chi connectivity index (χ0) is 16.1. The van der Waals surface area contributed by atoms with E-state index in [1.165, 1.54) is 0 Å². The molecule has 5 rings (SSSR count). The Bertz CT molecular complexity index is 806. The summed E-state index contributed by atoms with van der Waals surface area (Å²) >= 11 is 1.67. The molecule has 5 heteroatoms. The maximum absolute atomic E-state index is 11.2. The third-order valence-electron chi connectivity index (χ3n) is 4.59. The molecule has 2 saturated heterocycles. The van der Waals surface area contributed by atoms with Crippen molar-refractivity contribution in [3.63, 3.8) is 0 Å². The molecule has 3 aliphatic rings. The summed E-state index contributed by atoms with van der Waals surface area (Å²) in [6.45, 7) is 0.453. The largest absolute Gasteiger partial charge is 0.453 e. The van der Waals surface area contributed by atoms with Gasteiger partial charge in [0, 0.05) is 16.0 Å². The van der Waals surface area contributed by atoms with Crippen molar-refractivity contribution in [2.24, 2.45) is 0 Å². The minimum atomic E-state index is -1.58. The van der Waals surface area contributed by atoms with Crippen molar-refractivity contribution < 1.29 is 19.3 Å². The van der Waals surface area contributed by atoms with E-state index in [0.717, 1.165) is 16.0 Å². The van der Waals surface area contributed by atoms with Gasteiger partial charge < -0.3 is 19.3 Å². The van der Waals surface area contributed by atoms with Gasteiger partial charge >= 0.3 is 0 Å². The van der Waals surface area contributed by atoms with Gasteiger partial charge in [-0.1, -0.05) is 36.4 Å². The number of benzene rings is 2. The topological polar surface area (TPSA) is 47.9 Å². The number of rotatable bonds is 2. The lowest BCUT2D eigenvalue weighted by molar-refractivity contribution is -0.265. The molecule has 0 saturated carbocycles. The minimum absolute atomic E-state index is 0.0653. The second-order valence-corrected chi connectivity index (χ2v) is 7.34. The maximum Gasteiger partial charge on any atom is 0.284 e. The summed E-state index contributed by atoms with van der Waals surface area (Å²) in [7, 11) is 0. The Labute approximate surface area is 144 Å². The molecule has 1 N–H and O–H groups in total. The van der Waals surface area contributed by atoms with Crippen molar-refractivity contribution in [1.82, 2.24) is 0 Å². The van der Waals surface area contributed by atoms with Gasteiger partial charge in [0.1, 0.15) is 11.9 Å². The molecule has 122 valence electrons. The predicted molar refractivity (Wildman–Crippen MR) is 90.7 cm³/mol. The third kappa shape index (κ3) is 2.13. The Morgan fingerprint density at radius 2 is 1.83 bits per heavy atom. The van der Waals surface area contributed by atoms with Crippen LogP contribution in [0.3, 0.4) is 0 Å². The summed E-state index contributed by atoms with van der Waals surface area (Å²) in [5.41, 5.74) is 1.78. The lowest BCUT2D eigenvalue weighted by Crippen LogP contribution is -2.57. The van der Waals surface area contributed by atoms with Crippen molar-refractivity contribution in [3.8, 4) is 5.75 Å². The molecular formula is C19H16O4S. The Kier molecular flexibility index (Phi) is 3.25. The molecule has 2 aromatic carbocycles. The number of hydrogen-bond donors (Lipinski definition) is 1. The second-order valence-electron chi connectivity index (χ2n) is 6.13. The van der Waals surface area contributed by atoms with E-state index in [0.29, 0.717) is 12.4 Å². The molecule has 0 amide bonds. The molecular weight excluding hydrogens is 324 g/mol. The highest BCUT2D eigenvalue weighted by Gasteiger charge is 2.59. The van der Waals surface area contributed by atoms with E-state index >= 15 is 0 Å². The van der Waals surface area contributed by atoms with Crippen molar-refractivity contribution in [1.29, 1.82) is 0 Å². The second kappa shape index (κ2) is 5.36. The maximum atomic E-state index is 11.2. The standard InChI is InChI=1S/C19H16O4S/c20-19-14(10-12-6-4-5-9-15(12)23-19)17(16-11-21-18(19)22-16)24-13-7-2-1-3-8-13/h1-10,16-18,20H,11H2/t16-,17+,18-,19+/m1/s1. The molecule has 0 radical (unpaired) electrons. The van der Waals surface area contributed by atoms with Gasteiger partial charge in [-0.25, -0.2) is 0 Å². The van der Waals surface area contributed by atoms with E-state index in [4.69, 9.17) is 14.2 Å². The van der Waals surface area contributed by atoms with Crippen LogP contribution in [0, 0.1) is 0 Å². The Morgan fingerprint density at radius 3 is 2.71 bits per heavy atom. The van der Waals surface area contributed by atoms with Crippen LogP contribution < -0.4 is 4.74 Å². The van der Waals surface area contributed by atoms with Gasteiger partial charge in [0.15, 0.2) is 0 Å². The highest BCUT2D eigenvalue weighted by Crippen LogP contribution is 2.50. The van der Waals surface area contributed by atoms with Crippen molar-refractivity contribution in [2.45, 2.75) is 28.3 Å². The zero-order valence-electron chi connectivity index (χ0n) is 12.8. The molecule has 3 heterocycles. The highest BCUT2D eigenvalue weighted by atomic mass is 32.2. The molecule has 2 fully saturated rings. The SMILES string of the molecule is O[C@]12Oc3ccccc3C=C1[C@H](Sc1ccccc1)[C@H]1CO[C@@H]2O1. The fourth-order valence-electron chi connectivity index (χ4n) is 3.43. The number of hydrogen-bond acceptors (Lipinski definition) is 5. The van der Waals surface area contributed by atoms with Crippen LogP contribution in [0.25, 0.3) is 6.08 Å². The molecule has 0 aromatic heterocycles. The normalized spacial score (nSPS) is 33.2. The Hall–Kier alpha value is -1.79. The summed E-state index contributed by atoms with van der Waals surface area (Å²) in [6.07, 6.45) is 1.15. The smallest absolute Gasteiger partial charge is 0.284 e. The van der Waals surface area contributed by atoms with Gasteiger partial charge in [-0.3, -0.25) is 0 Å². The van der Waals surface area contributed by atoms with Crippen LogP contribution in [-0.2, 0) is 9.47 Å². The predicted octanol–water partition coefficient (Wildman–Crippen LogP) is 3.07. The first kappa shape index (κ1) is 14.5. The Morgan fingerprint density at radius 1 is 1.04 bits per heavy atom. The van der Waals surface area contributed by atoms with Gasteiger partial charge in [-0.2, -0.15) is 0 Å². The van der Waals surface area contributed by atoms with Crippen LogP contribution in [0.15, 0.2) is 65.1 Å². The van der Waals surface area contributed by atoms with Gasteiger partial charge in [0.2, 0.25) is 6.29 Å². The fraction of sp³-hybridized carbons (Fsp3) is 0.263. The molecule has 24 heavy (non-hydrogen) atoms. The van der Waals surface area contributed by atoms with E-state index in [1.54, 1.807) is 11.8 Å². The number of aliphatic hydroxyl groups is 1. The fourth-order valence-corrected chi connectivity index (χ4v) is 4.70. The first-order valence-corrected chi connectivity index (χ1v) is 8.83. The molecule has 2 bridgehead atoms. The number of fused-ring (bicyclic) bond motifs is 5. The van der Waals surface area contributed by atoms with Gasteiger partial charge in [0.05, 0.1) is 11.9 Å². The number of para-hydroxylation sites is 1. The monoisotopic (exact) mass is 340 g/mol. The lowest BCUT2D eigenvalue weighted by atomic mass is 9.91. The average molecular weight is 340 g/mol. The average Bonchev–Trinajstić information content (AvgIpc) is 3.07.